The van der Waals surface area contributed by atoms with Crippen LogP contribution in [0, 0.1) is 12.8 Å². The lowest BCUT2D eigenvalue weighted by Crippen LogP contribution is -2.38. The topological polar surface area (TPSA) is 58.1 Å². The van der Waals surface area contributed by atoms with Crippen molar-refractivity contribution in [2.24, 2.45) is 5.92 Å². The largest absolute Gasteiger partial charge is 0.340 e. The van der Waals surface area contributed by atoms with Crippen LogP contribution in [0.3, 0.4) is 0 Å². The number of rotatable bonds is 4. The molecule has 1 aliphatic rings. The first-order valence-electron chi connectivity index (χ1n) is 9.44. The van der Waals surface area contributed by atoms with Crippen molar-refractivity contribution in [3.63, 3.8) is 0 Å². The molecule has 0 radical (unpaired) electrons. The molecule has 1 saturated heterocycles. The number of piperidine rings is 1. The number of aryl methyl sites for hydroxylation is 1. The molecule has 0 bridgehead atoms. The number of hydrogen-bond acceptors (Lipinski definition) is 4. The summed E-state index contributed by atoms with van der Waals surface area (Å²) in [6.45, 7) is 10.0. The molecule has 0 saturated carbocycles. The van der Waals surface area contributed by atoms with E-state index in [9.17, 15) is 4.79 Å². The van der Waals surface area contributed by atoms with Gasteiger partial charge in [-0.1, -0.05) is 32.9 Å². The van der Waals surface area contributed by atoms with Crippen molar-refractivity contribution in [3.05, 3.63) is 47.4 Å². The van der Waals surface area contributed by atoms with Gasteiger partial charge in [0, 0.05) is 24.8 Å². The van der Waals surface area contributed by atoms with Gasteiger partial charge in [-0.05, 0) is 49.3 Å². The van der Waals surface area contributed by atoms with Gasteiger partial charge in [-0.3, -0.25) is 4.79 Å². The first kappa shape index (κ1) is 18.4. The summed E-state index contributed by atoms with van der Waals surface area (Å²) in [6.07, 6.45) is 2.12. The third-order valence-electron chi connectivity index (χ3n) is 4.98. The van der Waals surface area contributed by atoms with Crippen molar-refractivity contribution in [1.82, 2.24) is 14.9 Å². The van der Waals surface area contributed by atoms with E-state index in [0.29, 0.717) is 29.2 Å². The van der Waals surface area contributed by atoms with E-state index >= 15 is 0 Å². The van der Waals surface area contributed by atoms with Crippen LogP contribution in [-0.4, -0.2) is 33.9 Å². The van der Waals surface area contributed by atoms with Crippen molar-refractivity contribution < 1.29 is 4.79 Å². The fourth-order valence-corrected chi connectivity index (χ4v) is 3.21. The molecule has 2 heterocycles. The maximum absolute atomic E-state index is 12.8. The van der Waals surface area contributed by atoms with Crippen LogP contribution in [0.25, 0.3) is 0 Å². The number of likely N-dealkylation sites (tertiary alicyclic amines) is 1. The summed E-state index contributed by atoms with van der Waals surface area (Å²) < 4.78 is 0. The molecule has 2 aromatic rings. The first-order chi connectivity index (χ1) is 12.4. The third kappa shape index (κ3) is 4.40. The summed E-state index contributed by atoms with van der Waals surface area (Å²) in [7, 11) is 0. The van der Waals surface area contributed by atoms with E-state index in [1.807, 2.05) is 24.0 Å². The minimum absolute atomic E-state index is 0.000561. The molecule has 1 N–H and O–H groups in total. The van der Waals surface area contributed by atoms with E-state index in [0.717, 1.165) is 31.6 Å². The second kappa shape index (κ2) is 7.85. The Morgan fingerprint density at radius 3 is 2.42 bits per heavy atom. The number of benzene rings is 1. The molecule has 5 heteroatoms. The van der Waals surface area contributed by atoms with Gasteiger partial charge in [-0.15, -0.1) is 0 Å². The van der Waals surface area contributed by atoms with Crippen molar-refractivity contribution in [2.75, 3.05) is 18.4 Å². The summed E-state index contributed by atoms with van der Waals surface area (Å²) in [4.78, 5) is 23.5. The highest BCUT2D eigenvalue weighted by atomic mass is 16.2. The molecule has 0 aliphatic carbocycles. The molecule has 5 nitrogen and oxygen atoms in total. The van der Waals surface area contributed by atoms with Gasteiger partial charge >= 0.3 is 0 Å². The van der Waals surface area contributed by atoms with Gasteiger partial charge in [0.1, 0.15) is 17.3 Å². The van der Waals surface area contributed by atoms with Gasteiger partial charge < -0.3 is 10.2 Å². The minimum Gasteiger partial charge on any atom is -0.340 e. The van der Waals surface area contributed by atoms with Crippen molar-refractivity contribution in [2.45, 2.75) is 46.5 Å². The Morgan fingerprint density at radius 1 is 1.15 bits per heavy atom. The number of aromatic nitrogens is 2. The minimum atomic E-state index is 0.000561. The van der Waals surface area contributed by atoms with Crippen LogP contribution in [0.5, 0.6) is 0 Å². The van der Waals surface area contributed by atoms with Gasteiger partial charge in [0.2, 0.25) is 0 Å². The monoisotopic (exact) mass is 352 g/mol. The zero-order valence-electron chi connectivity index (χ0n) is 16.1. The lowest BCUT2D eigenvalue weighted by atomic mass is 9.99. The molecule has 138 valence electrons. The zero-order chi connectivity index (χ0) is 18.7. The fraction of sp³-hybridized carbons (Fsp3) is 0.476. The smallest absolute Gasteiger partial charge is 0.272 e. The molecular formula is C21H28N4O. The van der Waals surface area contributed by atoms with Crippen LogP contribution in [-0.2, 0) is 0 Å². The van der Waals surface area contributed by atoms with Crippen LogP contribution >= 0.6 is 0 Å². The number of nitrogens with zero attached hydrogens (tertiary/aromatic N) is 3. The summed E-state index contributed by atoms with van der Waals surface area (Å²) in [5, 5.41) is 3.29. The highest BCUT2D eigenvalue weighted by Crippen LogP contribution is 2.22. The molecule has 1 aromatic heterocycles. The van der Waals surface area contributed by atoms with E-state index in [2.05, 4.69) is 48.2 Å². The third-order valence-corrected chi connectivity index (χ3v) is 4.98. The maximum atomic E-state index is 12.8. The van der Waals surface area contributed by atoms with Crippen molar-refractivity contribution in [3.8, 4) is 0 Å². The van der Waals surface area contributed by atoms with Gasteiger partial charge in [0.25, 0.3) is 5.91 Å². The van der Waals surface area contributed by atoms with E-state index in [1.54, 1.807) is 6.07 Å². The second-order valence-electron chi connectivity index (χ2n) is 7.56. The summed E-state index contributed by atoms with van der Waals surface area (Å²) in [5.41, 5.74) is 2.72. The molecule has 1 amide bonds. The Balaban J connectivity index is 1.75. The molecule has 1 aliphatic heterocycles. The number of carbonyl (C=O) groups excluding carboxylic acids is 1. The number of nitrogens with one attached hydrogen (secondary N) is 1. The number of anilines is 2. The van der Waals surface area contributed by atoms with Crippen molar-refractivity contribution >= 4 is 17.4 Å². The van der Waals surface area contributed by atoms with Crippen LogP contribution in [0.2, 0.25) is 0 Å². The molecule has 1 fully saturated rings. The standard InChI is InChI=1S/C21H28N4O/c1-14(2)17-5-7-18(8-6-17)24-20-13-19(22-16(4)23-20)21(26)25-11-9-15(3)10-12-25/h5-8,13-15H,9-12H2,1-4H3,(H,22,23,24). The highest BCUT2D eigenvalue weighted by molar-refractivity contribution is 5.93. The quantitative estimate of drug-likeness (QED) is 0.878. The number of hydrogen-bond donors (Lipinski definition) is 1. The van der Waals surface area contributed by atoms with Gasteiger partial charge in [-0.25, -0.2) is 9.97 Å². The fourth-order valence-electron chi connectivity index (χ4n) is 3.21. The van der Waals surface area contributed by atoms with E-state index in [4.69, 9.17) is 0 Å². The van der Waals surface area contributed by atoms with E-state index < -0.39 is 0 Å². The zero-order valence-corrected chi connectivity index (χ0v) is 16.1. The SMILES string of the molecule is Cc1nc(Nc2ccc(C(C)C)cc2)cc(C(=O)N2CCC(C)CC2)n1. The molecule has 26 heavy (non-hydrogen) atoms. The van der Waals surface area contributed by atoms with Gasteiger partial charge in [0.05, 0.1) is 0 Å². The Morgan fingerprint density at radius 2 is 1.81 bits per heavy atom. The normalized spacial score (nSPS) is 15.3. The molecule has 0 atom stereocenters. The molecule has 0 spiro atoms. The van der Waals surface area contributed by atoms with Crippen molar-refractivity contribution in [1.29, 1.82) is 0 Å². The highest BCUT2D eigenvalue weighted by Gasteiger charge is 2.23. The molecular weight excluding hydrogens is 324 g/mol. The average molecular weight is 352 g/mol. The number of amides is 1. The lowest BCUT2D eigenvalue weighted by molar-refractivity contribution is 0.0691. The lowest BCUT2D eigenvalue weighted by Gasteiger charge is -2.30. The van der Waals surface area contributed by atoms with Gasteiger partial charge in [0.15, 0.2) is 0 Å². The van der Waals surface area contributed by atoms with Crippen LogP contribution in [0.1, 0.15) is 61.4 Å². The molecule has 3 rings (SSSR count). The predicted molar refractivity (Wildman–Crippen MR) is 105 cm³/mol. The first-order valence-corrected chi connectivity index (χ1v) is 9.44. The second-order valence-corrected chi connectivity index (χ2v) is 7.56. The predicted octanol–water partition coefficient (Wildman–Crippen LogP) is 4.52. The molecule has 0 unspecified atom stereocenters. The van der Waals surface area contributed by atoms with Crippen LogP contribution in [0.4, 0.5) is 11.5 Å². The van der Waals surface area contributed by atoms with E-state index in [-0.39, 0.29) is 5.91 Å². The van der Waals surface area contributed by atoms with Gasteiger partial charge in [-0.2, -0.15) is 0 Å². The van der Waals surface area contributed by atoms with E-state index in [1.165, 1.54) is 5.56 Å². The average Bonchev–Trinajstić information content (AvgIpc) is 2.61. The maximum Gasteiger partial charge on any atom is 0.272 e. The Kier molecular flexibility index (Phi) is 5.55. The Labute approximate surface area is 155 Å². The summed E-state index contributed by atoms with van der Waals surface area (Å²) >= 11 is 0. The van der Waals surface area contributed by atoms with Crippen LogP contribution in [0.15, 0.2) is 30.3 Å². The Bertz CT molecular complexity index is 762. The number of carbonyl (C=O) groups is 1. The summed E-state index contributed by atoms with van der Waals surface area (Å²) in [5.74, 6) is 2.45. The Hall–Kier alpha value is -2.43. The molecule has 1 aromatic carbocycles. The van der Waals surface area contributed by atoms with Crippen LogP contribution < -0.4 is 5.32 Å². The summed E-state index contributed by atoms with van der Waals surface area (Å²) in [6, 6.07) is 10.1.